The van der Waals surface area contributed by atoms with Crippen LogP contribution in [0.4, 0.5) is 0 Å². The van der Waals surface area contributed by atoms with Crippen LogP contribution in [0.15, 0.2) is 0 Å². The van der Waals surface area contributed by atoms with Gasteiger partial charge in [0, 0.05) is 0 Å². The molecule has 0 aromatic rings. The number of halogens is 3. The summed E-state index contributed by atoms with van der Waals surface area (Å²) in [5, 5.41) is 35.7. The monoisotopic (exact) mass is 446 g/mol. The Labute approximate surface area is 195 Å². The summed E-state index contributed by atoms with van der Waals surface area (Å²) in [7, 11) is 13.4. The molecular formula is C4H12Cl3CoKNaO10. The summed E-state index contributed by atoms with van der Waals surface area (Å²) in [5.41, 5.74) is 0. The van der Waals surface area contributed by atoms with Crippen molar-refractivity contribution in [3.63, 3.8) is 0 Å². The van der Waals surface area contributed by atoms with Crippen LogP contribution in [-0.4, -0.2) is 56.3 Å². The molecule has 2 unspecified atom stereocenters. The molecule has 0 saturated heterocycles. The van der Waals surface area contributed by atoms with Crippen molar-refractivity contribution in [3.05, 3.63) is 0 Å². The SMILES string of the molecule is O.O.O.O.O=C([O-])C(O)C(O)C(=O)[O-].[Cl][Co]([Cl])[Cl].[K+].[Na+]. The van der Waals surface area contributed by atoms with Gasteiger partial charge in [-0.25, -0.2) is 0 Å². The number of carboxylic acids is 2. The van der Waals surface area contributed by atoms with E-state index < -0.39 is 35.1 Å². The van der Waals surface area contributed by atoms with Crippen LogP contribution < -0.4 is 91.2 Å². The summed E-state index contributed by atoms with van der Waals surface area (Å²) in [6, 6.07) is 0. The Bertz CT molecular complexity index is 194. The maximum atomic E-state index is 9.63. The van der Waals surface area contributed by atoms with Gasteiger partial charge in [0.15, 0.2) is 0 Å². The van der Waals surface area contributed by atoms with Crippen LogP contribution in [0.1, 0.15) is 0 Å². The average Bonchev–Trinajstić information content (AvgIpc) is 2.00. The number of aliphatic carboxylic acids is 2. The third-order valence-electron chi connectivity index (χ3n) is 0.782. The molecule has 0 fully saturated rings. The second kappa shape index (κ2) is 29.7. The van der Waals surface area contributed by atoms with E-state index in [4.69, 9.17) is 40.7 Å². The predicted molar refractivity (Wildman–Crippen MR) is 54.0 cm³/mol. The number of aliphatic hydroxyl groups is 2. The summed E-state index contributed by atoms with van der Waals surface area (Å²) < 4.78 is 0. The van der Waals surface area contributed by atoms with E-state index in [0.29, 0.717) is 0 Å². The smallest absolute Gasteiger partial charge is 1.00 e. The van der Waals surface area contributed by atoms with Crippen LogP contribution in [-0.2, 0) is 20.5 Å². The van der Waals surface area contributed by atoms with Crippen LogP contribution in [0.3, 0.4) is 0 Å². The molecule has 10 nitrogen and oxygen atoms in total. The second-order valence-corrected chi connectivity index (χ2v) is 6.83. The Morgan fingerprint density at radius 2 is 0.950 bits per heavy atom. The second-order valence-electron chi connectivity index (χ2n) is 1.67. The van der Waals surface area contributed by atoms with E-state index in [2.05, 4.69) is 0 Å². The van der Waals surface area contributed by atoms with Gasteiger partial charge in [-0.3, -0.25) is 0 Å². The van der Waals surface area contributed by atoms with E-state index in [1.165, 1.54) is 0 Å². The van der Waals surface area contributed by atoms with Gasteiger partial charge in [-0.15, -0.1) is 0 Å². The molecule has 0 bridgehead atoms. The molecule has 0 spiro atoms. The quantitative estimate of drug-likeness (QED) is 0.397. The largest absolute Gasteiger partial charge is 1.00 e. The van der Waals surface area contributed by atoms with Crippen molar-refractivity contribution in [1.82, 2.24) is 0 Å². The van der Waals surface area contributed by atoms with Gasteiger partial charge in [0.1, 0.15) is 12.2 Å². The van der Waals surface area contributed by atoms with Gasteiger partial charge in [-0.2, -0.15) is 0 Å². The molecule has 10 N–H and O–H groups in total. The summed E-state index contributed by atoms with van der Waals surface area (Å²) in [5.74, 6) is -4.12. The van der Waals surface area contributed by atoms with Crippen molar-refractivity contribution in [2.24, 2.45) is 0 Å². The fourth-order valence-electron chi connectivity index (χ4n) is 0.258. The van der Waals surface area contributed by atoms with Crippen LogP contribution in [0, 0.1) is 0 Å². The molecule has 0 aliphatic heterocycles. The minimum absolute atomic E-state index is 0. The maximum Gasteiger partial charge on any atom is 1.00 e. The first-order chi connectivity index (χ1) is 6.20. The number of aliphatic hydroxyl groups excluding tert-OH is 2. The first-order valence-electron chi connectivity index (χ1n) is 2.62. The zero-order chi connectivity index (χ0) is 11.9. The summed E-state index contributed by atoms with van der Waals surface area (Å²) in [6.07, 6.45) is -4.88. The van der Waals surface area contributed by atoms with E-state index >= 15 is 0 Å². The molecule has 0 saturated carbocycles. The average molecular weight is 448 g/mol. The van der Waals surface area contributed by atoms with Crippen LogP contribution in [0.25, 0.3) is 0 Å². The molecule has 0 heterocycles. The molecule has 2 atom stereocenters. The summed E-state index contributed by atoms with van der Waals surface area (Å²) >= 11 is 0. The number of rotatable bonds is 3. The zero-order valence-corrected chi connectivity index (χ0v) is 18.6. The molecular weight excluding hydrogens is 435 g/mol. The summed E-state index contributed by atoms with van der Waals surface area (Å²) in [6.45, 7) is 0. The van der Waals surface area contributed by atoms with Crippen LogP contribution in [0.2, 0.25) is 0 Å². The standard InChI is InChI=1S/C4H6O6.3ClH.Co.K.Na.4H2O/c5-1(3(7)8)2(6)4(9)10;;;;;;;;;;/h1-2,5-6H,(H,7,8)(H,9,10);3*1H;;;;4*1H2/q;;;;+3;2*+1;;;;/p-5. The fourth-order valence-corrected chi connectivity index (χ4v) is 0.258. The third kappa shape index (κ3) is 37.2. The topological polar surface area (TPSA) is 247 Å². The van der Waals surface area contributed by atoms with Gasteiger partial charge in [0.2, 0.25) is 0 Å². The number of carboxylic acid groups (broad SMARTS) is 2. The van der Waals surface area contributed by atoms with Crippen molar-refractivity contribution in [2.45, 2.75) is 12.2 Å². The van der Waals surface area contributed by atoms with Crippen LogP contribution in [0.5, 0.6) is 0 Å². The van der Waals surface area contributed by atoms with Gasteiger partial charge in [-0.05, 0) is 0 Å². The molecule has 20 heavy (non-hydrogen) atoms. The van der Waals surface area contributed by atoms with Crippen molar-refractivity contribution < 1.29 is 144 Å². The number of carbonyl (C=O) groups excluding carboxylic acids is 2. The van der Waals surface area contributed by atoms with E-state index in [1.807, 2.05) is 0 Å². The number of carbonyl (C=O) groups is 2. The number of hydrogen-bond acceptors (Lipinski definition) is 6. The van der Waals surface area contributed by atoms with Gasteiger partial charge < -0.3 is 51.9 Å². The maximum absolute atomic E-state index is 9.63. The van der Waals surface area contributed by atoms with E-state index in [1.54, 1.807) is 0 Å². The van der Waals surface area contributed by atoms with E-state index in [-0.39, 0.29) is 103 Å². The Balaban J connectivity index is -0.0000000217. The Morgan fingerprint density at radius 3 is 1.00 bits per heavy atom. The van der Waals surface area contributed by atoms with Gasteiger partial charge in [0.05, 0.1) is 11.9 Å². The first-order valence-corrected chi connectivity index (χ1v) is 6.92. The minimum Gasteiger partial charge on any atom is 1.00 e. The molecule has 0 aromatic carbocycles. The molecule has 0 aliphatic carbocycles. The van der Waals surface area contributed by atoms with E-state index in [9.17, 15) is 19.8 Å². The zero-order valence-electron chi connectivity index (χ0n) is 10.1. The molecule has 0 amide bonds. The Kier molecular flexibility index (Phi) is 73.4. The molecule has 0 aliphatic rings. The normalized spacial score (nSPS) is 10.2. The predicted octanol–water partition coefficient (Wildman–Crippen LogP) is -12.0. The summed E-state index contributed by atoms with van der Waals surface area (Å²) in [4.78, 5) is 19.3. The van der Waals surface area contributed by atoms with Crippen molar-refractivity contribution in [2.75, 3.05) is 0 Å². The van der Waals surface area contributed by atoms with Gasteiger partial charge in [0.25, 0.3) is 0 Å². The van der Waals surface area contributed by atoms with Crippen LogP contribution >= 0.6 is 30.4 Å². The molecule has 120 valence electrons. The molecule has 16 heteroatoms. The Hall–Kier alpha value is 2.71. The van der Waals surface area contributed by atoms with Gasteiger partial charge in [-0.1, -0.05) is 0 Å². The van der Waals surface area contributed by atoms with Crippen molar-refractivity contribution >= 4 is 42.4 Å². The molecule has 0 radical (unpaired) electrons. The van der Waals surface area contributed by atoms with Crippen molar-refractivity contribution in [1.29, 1.82) is 0 Å². The minimum atomic E-state index is -2.44. The third-order valence-corrected chi connectivity index (χ3v) is 0.782. The molecule has 0 rings (SSSR count). The fraction of sp³-hybridized carbons (Fsp3) is 0.500. The van der Waals surface area contributed by atoms with Gasteiger partial charge >= 0.3 is 122 Å². The van der Waals surface area contributed by atoms with E-state index in [0.717, 1.165) is 0 Å². The van der Waals surface area contributed by atoms with Crippen molar-refractivity contribution in [3.8, 4) is 0 Å². The first kappa shape index (κ1) is 49.5. The Morgan fingerprint density at radius 1 is 0.850 bits per heavy atom. The molecule has 0 aromatic heterocycles. The number of hydrogen-bond donors (Lipinski definition) is 2.